The fraction of sp³-hybridized carbons (Fsp3) is 0.435. The van der Waals surface area contributed by atoms with Gasteiger partial charge < -0.3 is 19.1 Å². The molecule has 2 heterocycles. The van der Waals surface area contributed by atoms with Gasteiger partial charge >= 0.3 is 6.36 Å². The van der Waals surface area contributed by atoms with Crippen LogP contribution in [0.25, 0.3) is 0 Å². The minimum atomic E-state index is -4.77. The van der Waals surface area contributed by atoms with Gasteiger partial charge in [0.2, 0.25) is 0 Å². The van der Waals surface area contributed by atoms with E-state index in [1.54, 1.807) is 17.0 Å². The number of carbonyl (C=O) groups excluding carboxylic acids is 1. The number of carbonyl (C=O) groups is 1. The number of fused-ring (bicyclic) bond motifs is 2. The quantitative estimate of drug-likeness (QED) is 0.696. The summed E-state index contributed by atoms with van der Waals surface area (Å²) in [6, 6.07) is 11.6. The molecule has 1 amide bonds. The Bertz CT molecular complexity index is 997. The number of rotatable bonds is 5. The van der Waals surface area contributed by atoms with Crippen molar-refractivity contribution in [3.05, 3.63) is 59.2 Å². The van der Waals surface area contributed by atoms with Crippen LogP contribution in [0.15, 0.2) is 42.5 Å². The maximum Gasteiger partial charge on any atom is 0.573 e. The number of hydrogen-bond donors (Lipinski definition) is 0. The highest BCUT2D eigenvalue weighted by molar-refractivity contribution is 6.06. The smallest absolute Gasteiger partial charge is 0.405 e. The van der Waals surface area contributed by atoms with Crippen LogP contribution in [0.5, 0.6) is 5.75 Å². The summed E-state index contributed by atoms with van der Waals surface area (Å²) in [7, 11) is 0. The maximum atomic E-state index is 13.3. The summed E-state index contributed by atoms with van der Waals surface area (Å²) in [6.45, 7) is 1.45. The van der Waals surface area contributed by atoms with Gasteiger partial charge in [-0.1, -0.05) is 24.3 Å². The van der Waals surface area contributed by atoms with Gasteiger partial charge in [-0.05, 0) is 54.5 Å². The Labute approximate surface area is 177 Å². The molecule has 0 bridgehead atoms. The third-order valence-corrected chi connectivity index (χ3v) is 5.86. The van der Waals surface area contributed by atoms with E-state index in [9.17, 15) is 18.0 Å². The van der Waals surface area contributed by atoms with E-state index in [2.05, 4.69) is 4.74 Å². The number of halogens is 3. The molecule has 0 radical (unpaired) electrons. The normalized spacial score (nSPS) is 20.2. The first-order chi connectivity index (χ1) is 14.9. The Morgan fingerprint density at radius 2 is 1.84 bits per heavy atom. The molecule has 0 N–H and O–H groups in total. The van der Waals surface area contributed by atoms with Crippen molar-refractivity contribution in [2.24, 2.45) is 5.92 Å². The second kappa shape index (κ2) is 7.53. The minimum absolute atomic E-state index is 0.215. The molecule has 2 aromatic rings. The van der Waals surface area contributed by atoms with E-state index in [0.717, 1.165) is 24.1 Å². The molecule has 5 rings (SSSR count). The average molecular weight is 433 g/mol. The van der Waals surface area contributed by atoms with Crippen LogP contribution in [0.1, 0.15) is 36.0 Å². The van der Waals surface area contributed by atoms with E-state index in [1.165, 1.54) is 12.1 Å². The van der Waals surface area contributed by atoms with Crippen LogP contribution in [0.4, 0.5) is 18.9 Å². The predicted molar refractivity (Wildman–Crippen MR) is 106 cm³/mol. The monoisotopic (exact) mass is 433 g/mol. The molecule has 1 spiro atoms. The van der Waals surface area contributed by atoms with Crippen molar-refractivity contribution in [1.29, 1.82) is 0 Å². The summed E-state index contributed by atoms with van der Waals surface area (Å²) in [4.78, 5) is 15.1. The summed E-state index contributed by atoms with van der Waals surface area (Å²) in [6.07, 6.45) is -1.65. The summed E-state index contributed by atoms with van der Waals surface area (Å²) >= 11 is 0. The van der Waals surface area contributed by atoms with Crippen molar-refractivity contribution >= 4 is 11.6 Å². The highest BCUT2D eigenvalue weighted by atomic mass is 19.4. The van der Waals surface area contributed by atoms with Gasteiger partial charge in [0, 0.05) is 18.5 Å². The molecular weight excluding hydrogens is 411 g/mol. The molecule has 2 aromatic carbocycles. The molecule has 1 saturated heterocycles. The number of hydrogen-bond acceptors (Lipinski definition) is 4. The van der Waals surface area contributed by atoms with Gasteiger partial charge in [-0.25, -0.2) is 0 Å². The fourth-order valence-corrected chi connectivity index (χ4v) is 4.24. The van der Waals surface area contributed by atoms with Crippen LogP contribution < -0.4 is 9.64 Å². The van der Waals surface area contributed by atoms with E-state index in [0.29, 0.717) is 43.2 Å². The summed E-state index contributed by atoms with van der Waals surface area (Å²) in [5.41, 5.74) is 2.53. The lowest BCUT2D eigenvalue weighted by Gasteiger charge is -2.32. The molecule has 0 aromatic heterocycles. The van der Waals surface area contributed by atoms with Crippen molar-refractivity contribution in [3.8, 4) is 5.75 Å². The number of benzene rings is 2. The second-order valence-corrected chi connectivity index (χ2v) is 8.21. The van der Waals surface area contributed by atoms with E-state index in [4.69, 9.17) is 9.47 Å². The van der Waals surface area contributed by atoms with Crippen LogP contribution in [0.2, 0.25) is 0 Å². The first-order valence-corrected chi connectivity index (χ1v) is 10.4. The number of nitrogens with zero attached hydrogens (tertiary/aromatic N) is 1. The number of ether oxygens (including phenoxy) is 3. The fourth-order valence-electron chi connectivity index (χ4n) is 4.24. The van der Waals surface area contributed by atoms with E-state index >= 15 is 0 Å². The lowest BCUT2D eigenvalue weighted by Crippen LogP contribution is -2.47. The highest BCUT2D eigenvalue weighted by Crippen LogP contribution is 2.47. The molecule has 8 heteroatoms. The molecule has 2 fully saturated rings. The number of anilines is 1. The van der Waals surface area contributed by atoms with Gasteiger partial charge in [-0.2, -0.15) is 0 Å². The molecule has 5 nitrogen and oxygen atoms in total. The van der Waals surface area contributed by atoms with E-state index < -0.39 is 12.1 Å². The van der Waals surface area contributed by atoms with Crippen molar-refractivity contribution in [1.82, 2.24) is 0 Å². The number of para-hydroxylation sites is 1. The van der Waals surface area contributed by atoms with Gasteiger partial charge in [-0.15, -0.1) is 13.2 Å². The Kier molecular flexibility index (Phi) is 4.94. The van der Waals surface area contributed by atoms with Crippen LogP contribution in [-0.2, 0) is 26.5 Å². The van der Waals surface area contributed by atoms with Gasteiger partial charge in [0.25, 0.3) is 11.7 Å². The Balaban J connectivity index is 1.49. The molecule has 2 aliphatic heterocycles. The van der Waals surface area contributed by atoms with E-state index in [1.807, 2.05) is 18.2 Å². The number of alkyl halides is 3. The molecule has 0 atom stereocenters. The van der Waals surface area contributed by atoms with Gasteiger partial charge in [-0.3, -0.25) is 4.79 Å². The predicted octanol–water partition coefficient (Wildman–Crippen LogP) is 4.52. The molecule has 164 valence electrons. The highest BCUT2D eigenvalue weighted by Gasteiger charge is 2.55. The van der Waals surface area contributed by atoms with Crippen LogP contribution in [0.3, 0.4) is 0 Å². The lowest BCUT2D eigenvalue weighted by atomic mass is 9.98. The Morgan fingerprint density at radius 1 is 1.10 bits per heavy atom. The van der Waals surface area contributed by atoms with Crippen molar-refractivity contribution < 1.29 is 32.2 Å². The SMILES string of the molecule is O=C1N(CC2CC2)c2ccc(Cc3ccccc3OC(F)(F)F)cc2C12OCCCO2. The summed E-state index contributed by atoms with van der Waals surface area (Å²) in [5.74, 6) is -1.42. The average Bonchev–Trinajstić information content (AvgIpc) is 3.54. The lowest BCUT2D eigenvalue weighted by molar-refractivity contribution is -0.274. The molecule has 1 aliphatic carbocycles. The van der Waals surface area contributed by atoms with E-state index in [-0.39, 0.29) is 18.1 Å². The second-order valence-electron chi connectivity index (χ2n) is 8.21. The third kappa shape index (κ3) is 3.90. The van der Waals surface area contributed by atoms with Gasteiger partial charge in [0.05, 0.1) is 18.9 Å². The zero-order valence-electron chi connectivity index (χ0n) is 16.8. The summed E-state index contributed by atoms with van der Waals surface area (Å²) < 4.78 is 54.3. The molecule has 0 unspecified atom stereocenters. The van der Waals surface area contributed by atoms with Gasteiger partial charge in [0.15, 0.2) is 0 Å². The molecular formula is C23H22F3NO4. The Hall–Kier alpha value is -2.58. The van der Waals surface area contributed by atoms with Gasteiger partial charge in [0.1, 0.15) is 5.75 Å². The summed E-state index contributed by atoms with van der Waals surface area (Å²) in [5, 5.41) is 0. The Morgan fingerprint density at radius 3 is 2.55 bits per heavy atom. The van der Waals surface area contributed by atoms with Crippen LogP contribution >= 0.6 is 0 Å². The zero-order chi connectivity index (χ0) is 21.6. The zero-order valence-corrected chi connectivity index (χ0v) is 16.8. The first kappa shape index (κ1) is 20.3. The topological polar surface area (TPSA) is 48.0 Å². The van der Waals surface area contributed by atoms with Crippen molar-refractivity contribution in [2.45, 2.75) is 37.8 Å². The molecule has 1 saturated carbocycles. The van der Waals surface area contributed by atoms with Crippen molar-refractivity contribution in [2.75, 3.05) is 24.7 Å². The number of amides is 1. The largest absolute Gasteiger partial charge is 0.573 e. The first-order valence-electron chi connectivity index (χ1n) is 10.4. The third-order valence-electron chi connectivity index (χ3n) is 5.86. The standard InChI is InChI=1S/C23H22F3NO4/c24-23(25,26)31-20-5-2-1-4-17(20)12-16-8-9-19-18(13-16)22(29-10-3-11-30-22)21(28)27(19)14-15-6-7-15/h1-2,4-5,8-9,13,15H,3,6-7,10-12,14H2. The van der Waals surface area contributed by atoms with Crippen molar-refractivity contribution in [3.63, 3.8) is 0 Å². The maximum absolute atomic E-state index is 13.3. The minimum Gasteiger partial charge on any atom is -0.405 e. The van der Waals surface area contributed by atoms with Crippen LogP contribution in [-0.4, -0.2) is 32.0 Å². The molecule has 31 heavy (non-hydrogen) atoms. The molecule has 3 aliphatic rings. The van der Waals surface area contributed by atoms with Crippen LogP contribution in [0, 0.1) is 5.92 Å².